The molecular weight excluding hydrogens is 290 g/mol. The molecule has 0 bridgehead atoms. The molecule has 0 atom stereocenters. The van der Waals surface area contributed by atoms with Crippen molar-refractivity contribution in [2.75, 3.05) is 0 Å². The molecule has 0 amide bonds. The summed E-state index contributed by atoms with van der Waals surface area (Å²) >= 11 is 6.07. The minimum atomic E-state index is -1.13. The molecule has 0 aliphatic rings. The normalized spacial score (nSPS) is 10.7. The van der Waals surface area contributed by atoms with Gasteiger partial charge in [0.25, 0.3) is 0 Å². The summed E-state index contributed by atoms with van der Waals surface area (Å²) in [5.74, 6) is -1.47. The number of H-pyrrole nitrogens is 1. The molecule has 2 aromatic carbocycles. The first-order valence-corrected chi connectivity index (χ1v) is 6.60. The van der Waals surface area contributed by atoms with Gasteiger partial charge in [0.15, 0.2) is 5.78 Å². The molecule has 3 aromatic rings. The van der Waals surface area contributed by atoms with E-state index in [1.165, 1.54) is 12.1 Å². The van der Waals surface area contributed by atoms with Gasteiger partial charge in [0, 0.05) is 22.7 Å². The highest BCUT2D eigenvalue weighted by Crippen LogP contribution is 2.27. The summed E-state index contributed by atoms with van der Waals surface area (Å²) in [6.45, 7) is 0. The van der Waals surface area contributed by atoms with E-state index in [9.17, 15) is 14.7 Å². The van der Waals surface area contributed by atoms with Gasteiger partial charge < -0.3 is 10.1 Å². The largest absolute Gasteiger partial charge is 0.478 e. The summed E-state index contributed by atoms with van der Waals surface area (Å²) < 4.78 is 0. The third kappa shape index (κ3) is 2.19. The van der Waals surface area contributed by atoms with Crippen LogP contribution in [0.2, 0.25) is 5.02 Å². The smallest absolute Gasteiger partial charge is 0.336 e. The highest BCUT2D eigenvalue weighted by atomic mass is 35.5. The fourth-order valence-electron chi connectivity index (χ4n) is 2.32. The van der Waals surface area contributed by atoms with Crippen molar-refractivity contribution in [2.24, 2.45) is 0 Å². The predicted molar refractivity (Wildman–Crippen MR) is 80.1 cm³/mol. The number of para-hydroxylation sites is 1. The summed E-state index contributed by atoms with van der Waals surface area (Å²) in [4.78, 5) is 26.8. The summed E-state index contributed by atoms with van der Waals surface area (Å²) in [5, 5.41) is 10.4. The molecule has 0 radical (unpaired) electrons. The van der Waals surface area contributed by atoms with Crippen LogP contribution in [0.4, 0.5) is 0 Å². The monoisotopic (exact) mass is 299 g/mol. The van der Waals surface area contributed by atoms with E-state index in [2.05, 4.69) is 4.98 Å². The van der Waals surface area contributed by atoms with Crippen molar-refractivity contribution < 1.29 is 14.7 Å². The molecule has 0 aliphatic heterocycles. The second kappa shape index (κ2) is 5.07. The Bertz CT molecular complexity index is 867. The number of hydrogen-bond donors (Lipinski definition) is 2. The molecule has 0 saturated carbocycles. The molecule has 2 N–H and O–H groups in total. The van der Waals surface area contributed by atoms with Gasteiger partial charge in [-0.3, -0.25) is 4.79 Å². The number of rotatable bonds is 3. The molecule has 0 unspecified atom stereocenters. The Balaban J connectivity index is 2.18. The van der Waals surface area contributed by atoms with Crippen molar-refractivity contribution in [2.45, 2.75) is 0 Å². The van der Waals surface area contributed by atoms with E-state index in [4.69, 9.17) is 11.6 Å². The van der Waals surface area contributed by atoms with Crippen LogP contribution in [-0.4, -0.2) is 21.8 Å². The maximum absolute atomic E-state index is 12.6. The molecule has 21 heavy (non-hydrogen) atoms. The maximum Gasteiger partial charge on any atom is 0.336 e. The Morgan fingerprint density at radius 1 is 0.952 bits per heavy atom. The zero-order valence-corrected chi connectivity index (χ0v) is 11.5. The Morgan fingerprint density at radius 3 is 2.38 bits per heavy atom. The van der Waals surface area contributed by atoms with Crippen LogP contribution in [0, 0.1) is 0 Å². The van der Waals surface area contributed by atoms with Crippen LogP contribution < -0.4 is 0 Å². The number of nitrogens with one attached hydrogen (secondary N) is 1. The van der Waals surface area contributed by atoms with Gasteiger partial charge in [-0.1, -0.05) is 41.9 Å². The Kier molecular flexibility index (Phi) is 3.23. The summed E-state index contributed by atoms with van der Waals surface area (Å²) in [6.07, 6.45) is 1.55. The van der Waals surface area contributed by atoms with Crippen molar-refractivity contribution in [1.82, 2.24) is 4.98 Å². The number of aromatic nitrogens is 1. The molecule has 3 rings (SSSR count). The molecular formula is C16H10ClNO3. The number of halogens is 1. The van der Waals surface area contributed by atoms with Gasteiger partial charge >= 0.3 is 5.97 Å². The molecule has 0 saturated heterocycles. The van der Waals surface area contributed by atoms with E-state index in [-0.39, 0.29) is 16.9 Å². The van der Waals surface area contributed by atoms with E-state index >= 15 is 0 Å². The number of benzene rings is 2. The second-order valence-electron chi connectivity index (χ2n) is 4.54. The molecule has 104 valence electrons. The van der Waals surface area contributed by atoms with Gasteiger partial charge in [0.05, 0.1) is 16.1 Å². The maximum atomic E-state index is 12.6. The average Bonchev–Trinajstić information content (AvgIpc) is 2.92. The average molecular weight is 300 g/mol. The highest BCUT2D eigenvalue weighted by molar-refractivity contribution is 6.36. The number of carbonyl (C=O) groups is 2. The van der Waals surface area contributed by atoms with Crippen molar-refractivity contribution in [1.29, 1.82) is 0 Å². The fourth-order valence-corrected chi connectivity index (χ4v) is 2.55. The van der Waals surface area contributed by atoms with Crippen LogP contribution in [0.15, 0.2) is 48.7 Å². The standard InChI is InChI=1S/C16H10ClNO3/c17-13-7-3-6-9-12(8-18-14(9)13)15(19)10-4-1-2-5-11(10)16(20)21/h1-8,18H,(H,20,21). The van der Waals surface area contributed by atoms with E-state index in [1.807, 2.05) is 0 Å². The van der Waals surface area contributed by atoms with Gasteiger partial charge in [-0.15, -0.1) is 0 Å². The van der Waals surface area contributed by atoms with Gasteiger partial charge in [0.1, 0.15) is 0 Å². The van der Waals surface area contributed by atoms with Crippen LogP contribution in [0.5, 0.6) is 0 Å². The van der Waals surface area contributed by atoms with Gasteiger partial charge in [-0.25, -0.2) is 4.79 Å². The molecule has 5 heteroatoms. The highest BCUT2D eigenvalue weighted by Gasteiger charge is 2.20. The van der Waals surface area contributed by atoms with Gasteiger partial charge in [0.2, 0.25) is 0 Å². The third-order valence-electron chi connectivity index (χ3n) is 3.31. The quantitative estimate of drug-likeness (QED) is 0.724. The SMILES string of the molecule is O=C(O)c1ccccc1C(=O)c1c[nH]c2c(Cl)cccc12. The predicted octanol–water partition coefficient (Wildman–Crippen LogP) is 3.75. The number of fused-ring (bicyclic) bond motifs is 1. The number of carboxylic acids is 1. The first-order valence-electron chi connectivity index (χ1n) is 6.22. The Morgan fingerprint density at radius 2 is 1.67 bits per heavy atom. The van der Waals surface area contributed by atoms with Gasteiger partial charge in [-0.2, -0.15) is 0 Å². The van der Waals surface area contributed by atoms with Crippen molar-refractivity contribution in [3.05, 3.63) is 70.4 Å². The second-order valence-corrected chi connectivity index (χ2v) is 4.95. The van der Waals surface area contributed by atoms with E-state index in [1.54, 1.807) is 36.5 Å². The summed E-state index contributed by atoms with van der Waals surface area (Å²) in [5.41, 5.74) is 1.21. The topological polar surface area (TPSA) is 70.2 Å². The number of aromatic amines is 1. The molecule has 1 aromatic heterocycles. The Labute approximate surface area is 125 Å². The van der Waals surface area contributed by atoms with Crippen LogP contribution in [-0.2, 0) is 0 Å². The van der Waals surface area contributed by atoms with Crippen molar-refractivity contribution in [3.8, 4) is 0 Å². The molecule has 1 heterocycles. The lowest BCUT2D eigenvalue weighted by atomic mass is 9.98. The minimum absolute atomic E-state index is 0.0149. The first-order chi connectivity index (χ1) is 10.1. The minimum Gasteiger partial charge on any atom is -0.478 e. The number of carbonyl (C=O) groups excluding carboxylic acids is 1. The lowest BCUT2D eigenvalue weighted by Gasteiger charge is -2.04. The number of hydrogen-bond acceptors (Lipinski definition) is 2. The molecule has 0 spiro atoms. The van der Waals surface area contributed by atoms with Crippen LogP contribution in [0.1, 0.15) is 26.3 Å². The lowest BCUT2D eigenvalue weighted by molar-refractivity contribution is 0.0693. The van der Waals surface area contributed by atoms with Crippen LogP contribution in [0.3, 0.4) is 0 Å². The first kappa shape index (κ1) is 13.4. The number of aromatic carboxylic acids is 1. The van der Waals surface area contributed by atoms with Crippen LogP contribution in [0.25, 0.3) is 10.9 Å². The number of carboxylic acid groups (broad SMARTS) is 1. The van der Waals surface area contributed by atoms with Crippen molar-refractivity contribution >= 4 is 34.3 Å². The van der Waals surface area contributed by atoms with E-state index < -0.39 is 5.97 Å². The Hall–Kier alpha value is -2.59. The number of ketones is 1. The zero-order chi connectivity index (χ0) is 15.0. The molecule has 4 nitrogen and oxygen atoms in total. The summed E-state index contributed by atoms with van der Waals surface area (Å²) in [7, 11) is 0. The molecule has 0 fully saturated rings. The van der Waals surface area contributed by atoms with Crippen molar-refractivity contribution in [3.63, 3.8) is 0 Å². The van der Waals surface area contributed by atoms with Gasteiger partial charge in [-0.05, 0) is 12.1 Å². The molecule has 0 aliphatic carbocycles. The lowest BCUT2D eigenvalue weighted by Crippen LogP contribution is -2.09. The van der Waals surface area contributed by atoms with Crippen LogP contribution >= 0.6 is 11.6 Å². The van der Waals surface area contributed by atoms with E-state index in [0.29, 0.717) is 21.5 Å². The fraction of sp³-hybridized carbons (Fsp3) is 0. The third-order valence-corrected chi connectivity index (χ3v) is 3.63. The van der Waals surface area contributed by atoms with E-state index in [0.717, 1.165) is 0 Å². The summed E-state index contributed by atoms with van der Waals surface area (Å²) in [6, 6.07) is 11.4. The zero-order valence-electron chi connectivity index (χ0n) is 10.8.